The monoisotopic (exact) mass is 396 g/mol. The van der Waals surface area contributed by atoms with Crippen molar-refractivity contribution in [1.29, 1.82) is 0 Å². The van der Waals surface area contributed by atoms with E-state index in [4.69, 9.17) is 0 Å². The first-order chi connectivity index (χ1) is 9.65. The minimum Gasteiger partial charge on any atom is -0.363 e. The van der Waals surface area contributed by atoms with Crippen molar-refractivity contribution in [2.75, 3.05) is 6.54 Å². The zero-order valence-corrected chi connectivity index (χ0v) is 13.9. The van der Waals surface area contributed by atoms with Crippen LogP contribution < -0.4 is 0 Å². The number of hydrogen-bond donors (Lipinski definition) is 1. The van der Waals surface area contributed by atoms with E-state index < -0.39 is 0 Å². The zero-order chi connectivity index (χ0) is 14.1. The summed E-state index contributed by atoms with van der Waals surface area (Å²) >= 11 is 6.87. The summed E-state index contributed by atoms with van der Waals surface area (Å²) in [6.07, 6.45) is 3.97. The molecule has 0 saturated carbocycles. The molecular weight excluding hydrogens is 384 g/mol. The predicted molar refractivity (Wildman–Crippen MR) is 85.6 cm³/mol. The van der Waals surface area contributed by atoms with E-state index in [9.17, 15) is 4.79 Å². The maximum absolute atomic E-state index is 12.7. The van der Waals surface area contributed by atoms with E-state index >= 15 is 0 Å². The molecule has 2 heterocycles. The summed E-state index contributed by atoms with van der Waals surface area (Å²) in [6.45, 7) is 0.812. The van der Waals surface area contributed by atoms with Gasteiger partial charge in [0.25, 0.3) is 5.91 Å². The highest BCUT2D eigenvalue weighted by atomic mass is 79.9. The fourth-order valence-electron chi connectivity index (χ4n) is 2.73. The van der Waals surface area contributed by atoms with Gasteiger partial charge in [-0.2, -0.15) is 0 Å². The van der Waals surface area contributed by atoms with Crippen molar-refractivity contribution >= 4 is 37.8 Å². The summed E-state index contributed by atoms with van der Waals surface area (Å²) in [5.41, 5.74) is 1.83. The lowest BCUT2D eigenvalue weighted by molar-refractivity contribution is 0.0733. The second-order valence-electron chi connectivity index (χ2n) is 4.94. The van der Waals surface area contributed by atoms with Gasteiger partial charge in [0.1, 0.15) is 0 Å². The van der Waals surface area contributed by atoms with E-state index in [-0.39, 0.29) is 11.9 Å². The van der Waals surface area contributed by atoms with Gasteiger partial charge in [-0.05, 0) is 43.2 Å². The Bertz CT molecular complexity index is 605. The Morgan fingerprint density at radius 2 is 2.00 bits per heavy atom. The normalized spacial score (nSPS) is 18.5. The summed E-state index contributed by atoms with van der Waals surface area (Å²) in [7, 11) is 0. The third kappa shape index (κ3) is 2.69. The number of rotatable bonds is 2. The van der Waals surface area contributed by atoms with Gasteiger partial charge in [-0.1, -0.05) is 31.9 Å². The van der Waals surface area contributed by atoms with Gasteiger partial charge in [0, 0.05) is 32.9 Å². The van der Waals surface area contributed by atoms with Gasteiger partial charge in [-0.25, -0.2) is 0 Å². The summed E-state index contributed by atoms with van der Waals surface area (Å²) in [5.74, 6) is 0.0871. The van der Waals surface area contributed by atoms with Crippen molar-refractivity contribution in [2.24, 2.45) is 0 Å². The van der Waals surface area contributed by atoms with Crippen LogP contribution in [0.3, 0.4) is 0 Å². The van der Waals surface area contributed by atoms with Gasteiger partial charge in [-0.3, -0.25) is 4.79 Å². The first-order valence-electron chi connectivity index (χ1n) is 6.55. The first kappa shape index (κ1) is 13.9. The molecule has 1 fully saturated rings. The third-order valence-electron chi connectivity index (χ3n) is 3.60. The van der Waals surface area contributed by atoms with Crippen LogP contribution in [0.1, 0.15) is 34.9 Å². The van der Waals surface area contributed by atoms with Crippen molar-refractivity contribution in [3.8, 4) is 0 Å². The number of aromatic amines is 1. The lowest BCUT2D eigenvalue weighted by Crippen LogP contribution is -2.30. The summed E-state index contributed by atoms with van der Waals surface area (Å²) < 4.78 is 1.82. The molecule has 1 unspecified atom stereocenters. The van der Waals surface area contributed by atoms with Crippen LogP contribution in [-0.4, -0.2) is 22.3 Å². The van der Waals surface area contributed by atoms with Crippen LogP contribution in [0.25, 0.3) is 0 Å². The van der Waals surface area contributed by atoms with Crippen LogP contribution in [0.5, 0.6) is 0 Å². The average Bonchev–Trinajstić information content (AvgIpc) is 3.07. The van der Waals surface area contributed by atoms with E-state index in [0.717, 1.165) is 34.0 Å². The molecule has 1 aliphatic rings. The van der Waals surface area contributed by atoms with Crippen LogP contribution in [-0.2, 0) is 0 Å². The molecule has 20 heavy (non-hydrogen) atoms. The fourth-order valence-corrected chi connectivity index (χ4v) is 4.02. The van der Waals surface area contributed by atoms with Crippen LogP contribution in [0.15, 0.2) is 45.5 Å². The number of likely N-dealkylation sites (tertiary alicyclic amines) is 1. The predicted octanol–water partition coefficient (Wildman–Crippen LogP) is 4.52. The Hall–Kier alpha value is -1.07. The Morgan fingerprint density at radius 1 is 1.25 bits per heavy atom. The highest BCUT2D eigenvalue weighted by molar-refractivity contribution is 9.11. The number of amides is 1. The van der Waals surface area contributed by atoms with Crippen molar-refractivity contribution in [3.05, 3.63) is 56.7 Å². The Kier molecular flexibility index (Phi) is 3.98. The molecule has 0 aliphatic carbocycles. The van der Waals surface area contributed by atoms with Gasteiger partial charge in [0.2, 0.25) is 0 Å². The van der Waals surface area contributed by atoms with E-state index in [0.29, 0.717) is 5.56 Å². The average molecular weight is 398 g/mol. The van der Waals surface area contributed by atoms with Crippen molar-refractivity contribution in [3.63, 3.8) is 0 Å². The molecular formula is C15H14Br2N2O. The minimum absolute atomic E-state index is 0.0871. The molecule has 1 N–H and O–H groups in total. The number of carbonyl (C=O) groups is 1. The molecule has 0 bridgehead atoms. The zero-order valence-electron chi connectivity index (χ0n) is 10.8. The summed E-state index contributed by atoms with van der Waals surface area (Å²) in [5, 5.41) is 0. The van der Waals surface area contributed by atoms with Crippen LogP contribution >= 0.6 is 31.9 Å². The molecule has 1 saturated heterocycles. The molecule has 3 rings (SSSR count). The number of carbonyl (C=O) groups excluding carboxylic acids is 1. The molecule has 1 aromatic heterocycles. The van der Waals surface area contributed by atoms with E-state index in [1.165, 1.54) is 0 Å². The number of nitrogens with zero attached hydrogens (tertiary/aromatic N) is 1. The summed E-state index contributed by atoms with van der Waals surface area (Å²) in [6, 6.07) is 9.87. The molecule has 104 valence electrons. The SMILES string of the molecule is O=C(c1cc(Br)cc(Br)c1)N1CCCC1c1ccc[nH]1. The largest absolute Gasteiger partial charge is 0.363 e. The second-order valence-corrected chi connectivity index (χ2v) is 6.77. The maximum atomic E-state index is 12.7. The van der Waals surface area contributed by atoms with Crippen LogP contribution in [0.2, 0.25) is 0 Å². The maximum Gasteiger partial charge on any atom is 0.254 e. The minimum atomic E-state index is 0.0871. The van der Waals surface area contributed by atoms with Crippen molar-refractivity contribution in [2.45, 2.75) is 18.9 Å². The lowest BCUT2D eigenvalue weighted by atomic mass is 10.1. The Labute approximate surface area is 134 Å². The summed E-state index contributed by atoms with van der Waals surface area (Å²) in [4.78, 5) is 17.9. The number of aromatic nitrogens is 1. The third-order valence-corrected chi connectivity index (χ3v) is 4.52. The molecule has 0 spiro atoms. The fraction of sp³-hybridized carbons (Fsp3) is 0.267. The van der Waals surface area contributed by atoms with Gasteiger partial charge >= 0.3 is 0 Å². The van der Waals surface area contributed by atoms with Gasteiger partial charge < -0.3 is 9.88 Å². The lowest BCUT2D eigenvalue weighted by Gasteiger charge is -2.24. The van der Waals surface area contributed by atoms with Crippen molar-refractivity contribution < 1.29 is 4.79 Å². The number of hydrogen-bond acceptors (Lipinski definition) is 1. The molecule has 1 aliphatic heterocycles. The molecule has 2 aromatic rings. The number of halogens is 2. The molecule has 1 atom stereocenters. The van der Waals surface area contributed by atoms with Gasteiger partial charge in [0.05, 0.1) is 6.04 Å². The molecule has 0 radical (unpaired) electrons. The number of H-pyrrole nitrogens is 1. The van der Waals surface area contributed by atoms with Crippen molar-refractivity contribution in [1.82, 2.24) is 9.88 Å². The molecule has 1 amide bonds. The highest BCUT2D eigenvalue weighted by Gasteiger charge is 2.31. The second kappa shape index (κ2) is 5.74. The highest BCUT2D eigenvalue weighted by Crippen LogP contribution is 2.33. The molecule has 5 heteroatoms. The topological polar surface area (TPSA) is 36.1 Å². The number of nitrogens with one attached hydrogen (secondary N) is 1. The number of benzene rings is 1. The first-order valence-corrected chi connectivity index (χ1v) is 8.14. The smallest absolute Gasteiger partial charge is 0.254 e. The molecule has 1 aromatic carbocycles. The van der Waals surface area contributed by atoms with Gasteiger partial charge in [-0.15, -0.1) is 0 Å². The Morgan fingerprint density at radius 3 is 2.65 bits per heavy atom. The van der Waals surface area contributed by atoms with E-state index in [1.54, 1.807) is 0 Å². The Balaban J connectivity index is 1.89. The quantitative estimate of drug-likeness (QED) is 0.794. The van der Waals surface area contributed by atoms with Gasteiger partial charge in [0.15, 0.2) is 0 Å². The van der Waals surface area contributed by atoms with Crippen LogP contribution in [0, 0.1) is 0 Å². The standard InChI is InChI=1S/C15H14Br2N2O/c16-11-7-10(8-12(17)9-11)15(20)19-6-2-4-14(19)13-3-1-5-18-13/h1,3,5,7-9,14,18H,2,4,6H2. The molecule has 3 nitrogen and oxygen atoms in total. The van der Waals surface area contributed by atoms with E-state index in [1.807, 2.05) is 41.4 Å². The van der Waals surface area contributed by atoms with E-state index in [2.05, 4.69) is 36.8 Å². The van der Waals surface area contributed by atoms with Crippen LogP contribution in [0.4, 0.5) is 0 Å².